The van der Waals surface area contributed by atoms with E-state index in [1.165, 1.54) is 0 Å². The summed E-state index contributed by atoms with van der Waals surface area (Å²) in [5, 5.41) is 3.50. The van der Waals surface area contributed by atoms with Gasteiger partial charge in [-0.1, -0.05) is 38.1 Å². The third-order valence-electron chi connectivity index (χ3n) is 3.46. The fourth-order valence-corrected chi connectivity index (χ4v) is 3.21. The second-order valence-corrected chi connectivity index (χ2v) is 7.25. The number of methoxy groups -OCH3 is 1. The first-order valence-corrected chi connectivity index (χ1v) is 8.59. The molecule has 1 N–H and O–H groups in total. The number of carbonyl (C=O) groups is 1. The molecule has 1 amide bonds. The second-order valence-electron chi connectivity index (χ2n) is 5.63. The summed E-state index contributed by atoms with van der Waals surface area (Å²) >= 11 is 1.70. The van der Waals surface area contributed by atoms with E-state index in [2.05, 4.69) is 19.2 Å². The molecule has 0 fully saturated rings. The third kappa shape index (κ3) is 4.76. The van der Waals surface area contributed by atoms with Gasteiger partial charge in [0.1, 0.15) is 5.75 Å². The minimum atomic E-state index is -0.0643. The average Bonchev–Trinajstić information content (AvgIpc) is 2.54. The van der Waals surface area contributed by atoms with Gasteiger partial charge in [-0.25, -0.2) is 0 Å². The smallest absolute Gasteiger partial charge is 0.252 e. The van der Waals surface area contributed by atoms with Crippen LogP contribution in [0.3, 0.4) is 0 Å². The maximum atomic E-state index is 12.6. The zero-order valence-corrected chi connectivity index (χ0v) is 14.8. The van der Waals surface area contributed by atoms with E-state index in [9.17, 15) is 4.79 Å². The van der Waals surface area contributed by atoms with Crippen molar-refractivity contribution in [3.05, 3.63) is 59.7 Å². The summed E-state index contributed by atoms with van der Waals surface area (Å²) in [5.74, 6) is 0.767. The van der Waals surface area contributed by atoms with Crippen LogP contribution in [0, 0.1) is 0 Å². The van der Waals surface area contributed by atoms with E-state index in [1.54, 1.807) is 18.9 Å². The molecule has 0 heterocycles. The molecule has 1 unspecified atom stereocenters. The summed E-state index contributed by atoms with van der Waals surface area (Å²) in [6.07, 6.45) is 0. The van der Waals surface area contributed by atoms with Crippen LogP contribution in [0.15, 0.2) is 53.4 Å². The molecule has 4 heteroatoms. The van der Waals surface area contributed by atoms with E-state index < -0.39 is 0 Å². The molecule has 2 aromatic carbocycles. The lowest BCUT2D eigenvalue weighted by Gasteiger charge is -2.17. The number of hydrogen-bond acceptors (Lipinski definition) is 3. The highest BCUT2D eigenvalue weighted by Gasteiger charge is 2.15. The van der Waals surface area contributed by atoms with Crippen LogP contribution in [-0.2, 0) is 0 Å². The average molecular weight is 329 g/mol. The Kier molecular flexibility index (Phi) is 6.11. The van der Waals surface area contributed by atoms with Gasteiger partial charge in [0.25, 0.3) is 5.91 Å². The lowest BCUT2D eigenvalue weighted by Crippen LogP contribution is -2.27. The SMILES string of the molecule is COc1ccc(C(C)NC(=O)c2ccccc2SC(C)C)cc1. The van der Waals surface area contributed by atoms with Crippen LogP contribution in [0.5, 0.6) is 5.75 Å². The standard InChI is InChI=1S/C19H23NO2S/c1-13(2)23-18-8-6-5-7-17(18)19(21)20-14(3)15-9-11-16(22-4)12-10-15/h5-14H,1-4H3,(H,20,21). The highest BCUT2D eigenvalue weighted by Crippen LogP contribution is 2.27. The lowest BCUT2D eigenvalue weighted by atomic mass is 10.1. The van der Waals surface area contributed by atoms with Gasteiger partial charge in [0, 0.05) is 10.1 Å². The van der Waals surface area contributed by atoms with E-state index in [0.717, 1.165) is 21.8 Å². The lowest BCUT2D eigenvalue weighted by molar-refractivity contribution is 0.0937. The normalized spacial score (nSPS) is 12.0. The molecule has 2 aromatic rings. The zero-order valence-electron chi connectivity index (χ0n) is 14.0. The third-order valence-corrected chi connectivity index (χ3v) is 4.54. The molecule has 0 saturated carbocycles. The summed E-state index contributed by atoms with van der Waals surface area (Å²) in [6, 6.07) is 15.4. The number of ether oxygens (including phenoxy) is 1. The van der Waals surface area contributed by atoms with Crippen LogP contribution >= 0.6 is 11.8 Å². The van der Waals surface area contributed by atoms with E-state index in [-0.39, 0.29) is 11.9 Å². The van der Waals surface area contributed by atoms with Crippen LogP contribution in [-0.4, -0.2) is 18.3 Å². The maximum absolute atomic E-state index is 12.6. The Morgan fingerprint density at radius 1 is 1.04 bits per heavy atom. The molecule has 3 nitrogen and oxygen atoms in total. The van der Waals surface area contributed by atoms with Gasteiger partial charge in [-0.3, -0.25) is 4.79 Å². The Balaban J connectivity index is 2.11. The predicted molar refractivity (Wildman–Crippen MR) is 96.3 cm³/mol. The minimum absolute atomic E-state index is 0.0444. The number of hydrogen-bond donors (Lipinski definition) is 1. The number of nitrogens with one attached hydrogen (secondary N) is 1. The molecule has 0 aliphatic heterocycles. The Labute approximate surface area is 142 Å². The Morgan fingerprint density at radius 2 is 1.70 bits per heavy atom. The summed E-state index contributed by atoms with van der Waals surface area (Å²) in [4.78, 5) is 13.6. The van der Waals surface area contributed by atoms with Gasteiger partial charge in [0.2, 0.25) is 0 Å². The summed E-state index contributed by atoms with van der Waals surface area (Å²) in [6.45, 7) is 6.23. The Morgan fingerprint density at radius 3 is 2.30 bits per heavy atom. The molecule has 0 spiro atoms. The Bertz CT molecular complexity index is 653. The number of thioether (sulfide) groups is 1. The molecule has 0 bridgehead atoms. The van der Waals surface area contributed by atoms with E-state index in [0.29, 0.717) is 5.25 Å². The summed E-state index contributed by atoms with van der Waals surface area (Å²) in [5.41, 5.74) is 1.78. The van der Waals surface area contributed by atoms with Crippen molar-refractivity contribution in [1.29, 1.82) is 0 Å². The van der Waals surface area contributed by atoms with Gasteiger partial charge >= 0.3 is 0 Å². The molecule has 2 rings (SSSR count). The molecule has 0 saturated heterocycles. The monoisotopic (exact) mass is 329 g/mol. The Hall–Kier alpha value is -1.94. The maximum Gasteiger partial charge on any atom is 0.252 e. The number of benzene rings is 2. The molecule has 0 aromatic heterocycles. The van der Waals surface area contributed by atoms with Crippen LogP contribution in [0.4, 0.5) is 0 Å². The van der Waals surface area contributed by atoms with E-state index in [1.807, 2.05) is 55.5 Å². The first kappa shape index (κ1) is 17.4. The van der Waals surface area contributed by atoms with Crippen molar-refractivity contribution in [1.82, 2.24) is 5.32 Å². The van der Waals surface area contributed by atoms with Gasteiger partial charge in [-0.2, -0.15) is 0 Å². The van der Waals surface area contributed by atoms with Gasteiger partial charge < -0.3 is 10.1 Å². The fourth-order valence-electron chi connectivity index (χ4n) is 2.26. The van der Waals surface area contributed by atoms with Crippen LogP contribution < -0.4 is 10.1 Å². The highest BCUT2D eigenvalue weighted by atomic mass is 32.2. The summed E-state index contributed by atoms with van der Waals surface area (Å²) < 4.78 is 5.16. The van der Waals surface area contributed by atoms with Crippen molar-refractivity contribution in [3.63, 3.8) is 0 Å². The topological polar surface area (TPSA) is 38.3 Å². The number of rotatable bonds is 6. The quantitative estimate of drug-likeness (QED) is 0.782. The van der Waals surface area contributed by atoms with Crippen LogP contribution in [0.1, 0.15) is 42.7 Å². The summed E-state index contributed by atoms with van der Waals surface area (Å²) in [7, 11) is 1.64. The number of amides is 1. The minimum Gasteiger partial charge on any atom is -0.497 e. The fraction of sp³-hybridized carbons (Fsp3) is 0.316. The van der Waals surface area contributed by atoms with Gasteiger partial charge in [-0.15, -0.1) is 11.8 Å². The molecule has 0 radical (unpaired) electrons. The molecular weight excluding hydrogens is 306 g/mol. The van der Waals surface area contributed by atoms with Crippen molar-refractivity contribution in [2.24, 2.45) is 0 Å². The van der Waals surface area contributed by atoms with E-state index in [4.69, 9.17) is 4.74 Å². The van der Waals surface area contributed by atoms with Crippen LogP contribution in [0.25, 0.3) is 0 Å². The largest absolute Gasteiger partial charge is 0.497 e. The van der Waals surface area contributed by atoms with Crippen molar-refractivity contribution in [3.8, 4) is 5.75 Å². The highest BCUT2D eigenvalue weighted by molar-refractivity contribution is 8.00. The number of carbonyl (C=O) groups excluding carboxylic acids is 1. The van der Waals surface area contributed by atoms with Crippen molar-refractivity contribution in [2.45, 2.75) is 37.0 Å². The van der Waals surface area contributed by atoms with Gasteiger partial charge in [0.15, 0.2) is 0 Å². The van der Waals surface area contributed by atoms with Gasteiger partial charge in [0.05, 0.1) is 18.7 Å². The zero-order chi connectivity index (χ0) is 16.8. The molecule has 0 aliphatic rings. The first-order chi connectivity index (χ1) is 11.0. The van der Waals surface area contributed by atoms with Crippen molar-refractivity contribution < 1.29 is 9.53 Å². The second kappa shape index (κ2) is 8.06. The molecule has 1 atom stereocenters. The molecule has 0 aliphatic carbocycles. The van der Waals surface area contributed by atoms with Crippen molar-refractivity contribution >= 4 is 17.7 Å². The molecule has 122 valence electrons. The van der Waals surface area contributed by atoms with E-state index >= 15 is 0 Å². The molecule has 23 heavy (non-hydrogen) atoms. The van der Waals surface area contributed by atoms with Crippen LogP contribution in [0.2, 0.25) is 0 Å². The molecular formula is C19H23NO2S. The predicted octanol–water partition coefficient (Wildman–Crippen LogP) is 4.69. The van der Waals surface area contributed by atoms with Gasteiger partial charge in [-0.05, 0) is 36.8 Å². The first-order valence-electron chi connectivity index (χ1n) is 7.71. The van der Waals surface area contributed by atoms with Crippen molar-refractivity contribution in [2.75, 3.05) is 7.11 Å².